The topological polar surface area (TPSA) is 96.8 Å². The molecule has 0 fully saturated rings. The molecule has 4 aromatic rings. The van der Waals surface area contributed by atoms with Gasteiger partial charge in [-0.15, -0.1) is 0 Å². The highest BCUT2D eigenvalue weighted by atomic mass is 19.1. The van der Waals surface area contributed by atoms with Gasteiger partial charge in [-0.2, -0.15) is 5.10 Å². The highest BCUT2D eigenvalue weighted by Crippen LogP contribution is 2.31. The number of rotatable bonds is 5. The molecule has 0 bridgehead atoms. The minimum atomic E-state index is -0.886. The Hall–Kier alpha value is -4.27. The molecule has 0 radical (unpaired) electrons. The molecule has 2 aromatic heterocycles. The van der Waals surface area contributed by atoms with E-state index < -0.39 is 17.5 Å². The average Bonchev–Trinajstić information content (AvgIpc) is 3.40. The lowest BCUT2D eigenvalue weighted by molar-refractivity contribution is -0.120. The third kappa shape index (κ3) is 4.76. The fourth-order valence-corrected chi connectivity index (χ4v) is 4.87. The molecule has 190 valence electrons. The van der Waals surface area contributed by atoms with E-state index in [-0.39, 0.29) is 23.8 Å². The van der Waals surface area contributed by atoms with Crippen molar-refractivity contribution in [1.29, 1.82) is 0 Å². The molecule has 2 N–H and O–H groups in total. The van der Waals surface area contributed by atoms with Crippen LogP contribution in [0.15, 0.2) is 50.5 Å². The Morgan fingerprint density at radius 3 is 2.68 bits per heavy atom. The fraction of sp³-hybridized carbons (Fsp3) is 0.250. The third-order valence-corrected chi connectivity index (χ3v) is 6.47. The summed E-state index contributed by atoms with van der Waals surface area (Å²) in [6, 6.07) is 6.88. The van der Waals surface area contributed by atoms with Crippen LogP contribution < -0.4 is 10.7 Å². The number of hydrogen-bond donors (Lipinski definition) is 2. The number of carbonyl (C=O) groups excluding carboxylic acids is 2. The molecule has 0 saturated carbocycles. The number of halogens is 2. The summed E-state index contributed by atoms with van der Waals surface area (Å²) in [7, 11) is 0. The molecule has 7 nitrogen and oxygen atoms in total. The van der Waals surface area contributed by atoms with Gasteiger partial charge in [-0.3, -0.25) is 9.59 Å². The summed E-state index contributed by atoms with van der Waals surface area (Å²) in [5.41, 5.74) is 7.91. The normalized spacial score (nSPS) is 14.1. The van der Waals surface area contributed by atoms with E-state index in [0.717, 1.165) is 46.2 Å². The first-order chi connectivity index (χ1) is 17.7. The van der Waals surface area contributed by atoms with Crippen molar-refractivity contribution in [3.63, 3.8) is 0 Å². The second kappa shape index (κ2) is 9.65. The molecule has 1 aliphatic carbocycles. The number of carbonyl (C=O) groups is 2. The van der Waals surface area contributed by atoms with Gasteiger partial charge < -0.3 is 14.2 Å². The van der Waals surface area contributed by atoms with Gasteiger partial charge in [-0.1, -0.05) is 6.07 Å². The van der Waals surface area contributed by atoms with Crippen LogP contribution in [0.1, 0.15) is 57.0 Å². The van der Waals surface area contributed by atoms with Crippen molar-refractivity contribution in [2.24, 2.45) is 5.10 Å². The Bertz CT molecular complexity index is 1580. The molecule has 0 spiro atoms. The first kappa shape index (κ1) is 24.4. The maximum absolute atomic E-state index is 14.0. The van der Waals surface area contributed by atoms with E-state index >= 15 is 0 Å². The zero-order valence-electron chi connectivity index (χ0n) is 20.6. The Balaban J connectivity index is 1.34. The Labute approximate surface area is 211 Å². The second-order valence-corrected chi connectivity index (χ2v) is 9.27. The first-order valence-electron chi connectivity index (χ1n) is 11.9. The Kier molecular flexibility index (Phi) is 6.37. The lowest BCUT2D eigenvalue weighted by atomic mass is 9.93. The summed E-state index contributed by atoms with van der Waals surface area (Å²) in [5.74, 6) is -1.98. The van der Waals surface area contributed by atoms with E-state index in [1.165, 1.54) is 0 Å². The maximum atomic E-state index is 14.0. The van der Waals surface area contributed by atoms with Crippen LogP contribution in [0.25, 0.3) is 11.0 Å². The molecule has 0 saturated heterocycles. The van der Waals surface area contributed by atoms with E-state index in [1.54, 1.807) is 13.2 Å². The minimum absolute atomic E-state index is 0.0188. The summed E-state index contributed by atoms with van der Waals surface area (Å²) < 4.78 is 38.6. The van der Waals surface area contributed by atoms with Crippen LogP contribution in [-0.2, 0) is 17.6 Å². The van der Waals surface area contributed by atoms with Gasteiger partial charge >= 0.3 is 0 Å². The molecule has 0 aliphatic heterocycles. The third-order valence-electron chi connectivity index (χ3n) is 6.47. The molecule has 2 amide bonds. The zero-order valence-corrected chi connectivity index (χ0v) is 20.6. The van der Waals surface area contributed by atoms with Crippen LogP contribution in [0.5, 0.6) is 0 Å². The van der Waals surface area contributed by atoms with E-state index in [4.69, 9.17) is 8.83 Å². The van der Waals surface area contributed by atoms with E-state index in [1.807, 2.05) is 26.0 Å². The van der Waals surface area contributed by atoms with Crippen LogP contribution in [0.4, 0.5) is 14.5 Å². The summed E-state index contributed by atoms with van der Waals surface area (Å²) in [5, 5.41) is 7.70. The van der Waals surface area contributed by atoms with Crippen molar-refractivity contribution < 1.29 is 27.2 Å². The highest BCUT2D eigenvalue weighted by molar-refractivity contribution is 6.09. The van der Waals surface area contributed by atoms with Crippen molar-refractivity contribution in [2.45, 2.75) is 46.5 Å². The SMILES string of the molecule is Cc1cc(C)c2c(CC(=O)N/N=C3\CCCc4oc(C(=O)Nc5ccc(F)cc5F)c(C)c43)coc2c1. The van der Waals surface area contributed by atoms with Gasteiger partial charge in [0.25, 0.3) is 5.91 Å². The van der Waals surface area contributed by atoms with Crippen LogP contribution in [0, 0.1) is 32.4 Å². The van der Waals surface area contributed by atoms with Crippen molar-refractivity contribution in [2.75, 3.05) is 5.32 Å². The summed E-state index contributed by atoms with van der Waals surface area (Å²) >= 11 is 0. The quantitative estimate of drug-likeness (QED) is 0.331. The van der Waals surface area contributed by atoms with E-state index in [0.29, 0.717) is 41.5 Å². The van der Waals surface area contributed by atoms with Gasteiger partial charge in [0.2, 0.25) is 5.91 Å². The molecule has 2 aromatic carbocycles. The molecule has 9 heteroatoms. The van der Waals surface area contributed by atoms with Crippen molar-refractivity contribution >= 4 is 34.2 Å². The standard InChI is InChI=1S/C28H25F2N3O4/c1-14-9-15(2)25-17(13-36-23(25)10-14)11-24(34)33-32-21-5-4-6-22-26(21)16(3)27(37-22)28(35)31-20-8-7-18(29)12-19(20)30/h7-10,12-13H,4-6,11H2,1-3H3,(H,31,35)(H,33,34)/b32-21+. The molecule has 0 atom stereocenters. The van der Waals surface area contributed by atoms with E-state index in [9.17, 15) is 18.4 Å². The van der Waals surface area contributed by atoms with E-state index in [2.05, 4.69) is 15.8 Å². The van der Waals surface area contributed by atoms with Crippen molar-refractivity contribution in [3.8, 4) is 0 Å². The Morgan fingerprint density at radius 2 is 1.89 bits per heavy atom. The molecule has 37 heavy (non-hydrogen) atoms. The highest BCUT2D eigenvalue weighted by Gasteiger charge is 2.28. The minimum Gasteiger partial charge on any atom is -0.464 e. The molecule has 0 unspecified atom stereocenters. The molecular weight excluding hydrogens is 480 g/mol. The largest absolute Gasteiger partial charge is 0.464 e. The second-order valence-electron chi connectivity index (χ2n) is 9.27. The van der Waals surface area contributed by atoms with Crippen LogP contribution >= 0.6 is 0 Å². The summed E-state index contributed by atoms with van der Waals surface area (Å²) in [4.78, 5) is 25.5. The van der Waals surface area contributed by atoms with Crippen molar-refractivity contribution in [3.05, 3.63) is 87.6 Å². The monoisotopic (exact) mass is 505 g/mol. The first-order valence-corrected chi connectivity index (χ1v) is 11.9. The lowest BCUT2D eigenvalue weighted by Crippen LogP contribution is -2.23. The van der Waals surface area contributed by atoms with Crippen LogP contribution in [0.3, 0.4) is 0 Å². The zero-order chi connectivity index (χ0) is 26.3. The number of aryl methyl sites for hydroxylation is 3. The summed E-state index contributed by atoms with van der Waals surface area (Å²) in [6.07, 6.45) is 3.61. The number of hydrazone groups is 1. The number of fused-ring (bicyclic) bond motifs is 2. The van der Waals surface area contributed by atoms with Gasteiger partial charge in [-0.25, -0.2) is 14.2 Å². The van der Waals surface area contributed by atoms with Gasteiger partial charge in [0.1, 0.15) is 23.0 Å². The number of hydrogen-bond acceptors (Lipinski definition) is 5. The van der Waals surface area contributed by atoms with Gasteiger partial charge in [0, 0.05) is 34.6 Å². The molecule has 2 heterocycles. The number of nitrogens with zero attached hydrogens (tertiary/aromatic N) is 1. The average molecular weight is 506 g/mol. The van der Waals surface area contributed by atoms with Gasteiger partial charge in [0.05, 0.1) is 24.1 Å². The number of benzene rings is 2. The summed E-state index contributed by atoms with van der Waals surface area (Å²) in [6.45, 7) is 5.68. The van der Waals surface area contributed by atoms with Crippen LogP contribution in [0.2, 0.25) is 0 Å². The van der Waals surface area contributed by atoms with Gasteiger partial charge in [0.15, 0.2) is 5.76 Å². The predicted molar refractivity (Wildman–Crippen MR) is 135 cm³/mol. The van der Waals surface area contributed by atoms with Crippen LogP contribution in [-0.4, -0.2) is 17.5 Å². The Morgan fingerprint density at radius 1 is 1.08 bits per heavy atom. The lowest BCUT2D eigenvalue weighted by Gasteiger charge is -2.13. The molecule has 5 rings (SSSR count). The fourth-order valence-electron chi connectivity index (χ4n) is 4.87. The number of amides is 2. The molecular formula is C28H25F2N3O4. The van der Waals surface area contributed by atoms with Gasteiger partial charge in [-0.05, 0) is 62.9 Å². The smallest absolute Gasteiger partial charge is 0.291 e. The number of anilines is 1. The predicted octanol–water partition coefficient (Wildman–Crippen LogP) is 5.88. The van der Waals surface area contributed by atoms with Crippen molar-refractivity contribution in [1.82, 2.24) is 5.43 Å². The number of furan rings is 2. The maximum Gasteiger partial charge on any atom is 0.291 e. The number of nitrogens with one attached hydrogen (secondary N) is 2. The molecule has 1 aliphatic rings.